The molecular weight excluding hydrogens is 1350 g/mol. The zero-order valence-electron chi connectivity index (χ0n) is 60.5. The van der Waals surface area contributed by atoms with E-state index in [1.165, 1.54) is 16.9 Å². The van der Waals surface area contributed by atoms with Crippen LogP contribution in [0.1, 0.15) is 57.2 Å². The molecule has 1 saturated heterocycles. The molecule has 1 fully saturated rings. The fourth-order valence-electron chi connectivity index (χ4n) is 11.6. The lowest BCUT2D eigenvalue weighted by Crippen LogP contribution is -2.21. The van der Waals surface area contributed by atoms with Gasteiger partial charge in [-0.25, -0.2) is 4.98 Å². The molecule has 4 aromatic carbocycles. The first-order chi connectivity index (χ1) is 50.7. The monoisotopic (exact) mass is 1430 g/mol. The van der Waals surface area contributed by atoms with Crippen LogP contribution in [0.4, 0.5) is 34.9 Å². The predicted octanol–water partition coefficient (Wildman–Crippen LogP) is 11.4. The summed E-state index contributed by atoms with van der Waals surface area (Å²) in [5.41, 5.74) is 12.1. The summed E-state index contributed by atoms with van der Waals surface area (Å²) in [6.07, 6.45) is 12.1. The largest absolute Gasteiger partial charge is 0.495 e. The minimum Gasteiger partial charge on any atom is -0.495 e. The van der Waals surface area contributed by atoms with E-state index >= 15 is 0 Å². The van der Waals surface area contributed by atoms with E-state index in [2.05, 4.69) is 66.2 Å². The van der Waals surface area contributed by atoms with Crippen LogP contribution >= 0.6 is 0 Å². The van der Waals surface area contributed by atoms with Gasteiger partial charge in [-0.1, -0.05) is 6.07 Å². The number of oxazole rings is 1. The Balaban J connectivity index is 0.000000149. The number of carbonyl (C=O) groups is 3. The van der Waals surface area contributed by atoms with Crippen molar-refractivity contribution >= 4 is 96.8 Å². The van der Waals surface area contributed by atoms with Crippen LogP contribution in [-0.2, 0) is 23.6 Å². The maximum Gasteiger partial charge on any atom is 0.253 e. The first kappa shape index (κ1) is 72.0. The first-order valence-corrected chi connectivity index (χ1v) is 33.4. The zero-order valence-corrected chi connectivity index (χ0v) is 60.5. The molecule has 0 spiro atoms. The van der Waals surface area contributed by atoms with E-state index in [9.17, 15) is 14.4 Å². The number of ether oxygens (including phenoxy) is 8. The Bertz CT molecular complexity index is 5300. The third-order valence-corrected chi connectivity index (χ3v) is 16.6. The van der Waals surface area contributed by atoms with Crippen molar-refractivity contribution in [3.63, 3.8) is 0 Å². The van der Waals surface area contributed by atoms with Crippen LogP contribution in [0.5, 0.6) is 34.9 Å². The van der Waals surface area contributed by atoms with E-state index in [1.54, 1.807) is 116 Å². The van der Waals surface area contributed by atoms with Gasteiger partial charge in [0.1, 0.15) is 52.4 Å². The highest BCUT2D eigenvalue weighted by atomic mass is 16.6. The number of H-pyrrole nitrogens is 3. The van der Waals surface area contributed by atoms with Crippen LogP contribution in [0.25, 0.3) is 77.7 Å². The van der Waals surface area contributed by atoms with Gasteiger partial charge in [0.25, 0.3) is 17.7 Å². The Kier molecular flexibility index (Phi) is 21.7. The van der Waals surface area contributed by atoms with Crippen molar-refractivity contribution in [1.82, 2.24) is 79.3 Å². The lowest BCUT2D eigenvalue weighted by atomic mass is 10.1. The van der Waals surface area contributed by atoms with E-state index < -0.39 is 0 Å². The Morgan fingerprint density at radius 1 is 0.610 bits per heavy atom. The van der Waals surface area contributed by atoms with Gasteiger partial charge in [-0.15, -0.1) is 0 Å². The van der Waals surface area contributed by atoms with Gasteiger partial charge in [0.05, 0.1) is 86.2 Å². The molecule has 14 rings (SSSR count). The molecular formula is C74H81N19O12. The zero-order chi connectivity index (χ0) is 74.2. The second-order valence-corrected chi connectivity index (χ2v) is 24.9. The summed E-state index contributed by atoms with van der Waals surface area (Å²) >= 11 is 0. The summed E-state index contributed by atoms with van der Waals surface area (Å²) in [6.45, 7) is 7.60. The van der Waals surface area contributed by atoms with E-state index in [0.717, 1.165) is 61.6 Å². The molecule has 13 aromatic rings. The lowest BCUT2D eigenvalue weighted by Gasteiger charge is -2.16. The molecule has 10 heterocycles. The molecule has 0 saturated carbocycles. The third-order valence-electron chi connectivity index (χ3n) is 16.6. The average molecular weight is 1430 g/mol. The highest BCUT2D eigenvalue weighted by Crippen LogP contribution is 2.41. The summed E-state index contributed by atoms with van der Waals surface area (Å²) < 4.78 is 55.0. The van der Waals surface area contributed by atoms with Crippen molar-refractivity contribution in [2.75, 3.05) is 106 Å². The number of aromatic nitrogens is 13. The standard InChI is InChI=1S/C28H28N6O5.C24H28N6O4.C22H25N7O3/c1-15-30-21-7-5-16(11-23(21)38-15)19-13-29-25-24(19)26(39-18-9-10-37-14-18)33-28(32-25)31-20-8-6-17(12-22(20)36-4)27(35)34(2)3;1-29(2)23(31)15-6-7-18(19(12-15)33-5)26-24-27-21-20(22(28-24)34-11-10-32-4)17(13-25-21)16-8-9-30(3)14-16;1-12(2)32-21-18-14(15-8-9-29(4)28-15)11-24-19(18)26-22(27-21)25-16-7-6-13(20(30)23-3)10-17(16)31-5/h5-8,11-13,18H,9-10,14H2,1-4H3,(H2,29,31,32,33);6-9,12-14H,10-11H2,1-5H3,(H2,25,26,27,28);6-12H,1-5H3,(H,23,30)(H2,24,25,26,27)/t18-;;/m1../s1. The summed E-state index contributed by atoms with van der Waals surface area (Å²) in [7, 11) is 18.5. The molecule has 3 amide bonds. The molecule has 1 aliphatic rings. The Morgan fingerprint density at radius 2 is 1.14 bits per heavy atom. The number of aryl methyl sites for hydroxylation is 3. The molecule has 544 valence electrons. The van der Waals surface area contributed by atoms with Gasteiger partial charge >= 0.3 is 0 Å². The fourth-order valence-corrected chi connectivity index (χ4v) is 11.6. The fraction of sp³-hybridized carbons (Fsp3) is 0.284. The third kappa shape index (κ3) is 16.1. The summed E-state index contributed by atoms with van der Waals surface area (Å²) in [4.78, 5) is 81.8. The number of carbonyl (C=O) groups excluding carboxylic acids is 3. The number of methoxy groups -OCH3 is 4. The number of nitrogens with zero attached hydrogens (tertiary/aromatic N) is 12. The van der Waals surface area contributed by atoms with Crippen molar-refractivity contribution in [2.45, 2.75) is 39.4 Å². The Morgan fingerprint density at radius 3 is 1.65 bits per heavy atom. The maximum absolute atomic E-state index is 12.4. The average Bonchev–Trinajstić information content (AvgIpc) is 1.65. The van der Waals surface area contributed by atoms with Gasteiger partial charge in [-0.2, -0.15) is 35.0 Å². The van der Waals surface area contributed by atoms with Gasteiger partial charge in [-0.3, -0.25) is 19.1 Å². The number of fused-ring (bicyclic) bond motifs is 4. The van der Waals surface area contributed by atoms with Crippen LogP contribution < -0.4 is 49.7 Å². The molecule has 1 aliphatic heterocycles. The second-order valence-electron chi connectivity index (χ2n) is 24.9. The first-order valence-electron chi connectivity index (χ1n) is 33.4. The lowest BCUT2D eigenvalue weighted by molar-refractivity contribution is 0.0820. The number of hydrogen-bond acceptors (Lipinski definition) is 23. The highest BCUT2D eigenvalue weighted by molar-refractivity contribution is 6.02. The minimum atomic E-state index is -0.200. The van der Waals surface area contributed by atoms with Crippen LogP contribution in [-0.4, -0.2) is 194 Å². The molecule has 105 heavy (non-hydrogen) atoms. The van der Waals surface area contributed by atoms with E-state index in [4.69, 9.17) is 52.3 Å². The van der Waals surface area contributed by atoms with Gasteiger partial charge < -0.3 is 92.9 Å². The molecule has 0 unspecified atom stereocenters. The van der Waals surface area contributed by atoms with Crippen molar-refractivity contribution in [1.29, 1.82) is 0 Å². The molecule has 0 aliphatic carbocycles. The minimum absolute atomic E-state index is 0.0891. The van der Waals surface area contributed by atoms with Crippen molar-refractivity contribution < 1.29 is 56.7 Å². The molecule has 7 N–H and O–H groups in total. The molecule has 31 heteroatoms. The quantitative estimate of drug-likeness (QED) is 0.0293. The predicted molar refractivity (Wildman–Crippen MR) is 397 cm³/mol. The Hall–Kier alpha value is -12.8. The topological polar surface area (TPSA) is 353 Å². The van der Waals surface area contributed by atoms with E-state index in [1.807, 2.05) is 107 Å². The molecule has 9 aromatic heterocycles. The van der Waals surface area contributed by atoms with E-state index in [-0.39, 0.29) is 29.9 Å². The molecule has 1 atom stereocenters. The van der Waals surface area contributed by atoms with Gasteiger partial charge in [0.15, 0.2) is 11.5 Å². The van der Waals surface area contributed by atoms with Crippen LogP contribution in [0.2, 0.25) is 0 Å². The number of hydrogen-bond donors (Lipinski definition) is 7. The highest BCUT2D eigenvalue weighted by Gasteiger charge is 2.26. The van der Waals surface area contributed by atoms with Crippen LogP contribution in [0.15, 0.2) is 127 Å². The normalized spacial score (nSPS) is 12.5. The van der Waals surface area contributed by atoms with Gasteiger partial charge in [0.2, 0.25) is 35.5 Å². The Labute approximate surface area is 602 Å². The van der Waals surface area contributed by atoms with Crippen LogP contribution in [0.3, 0.4) is 0 Å². The molecule has 0 radical (unpaired) electrons. The molecule has 0 bridgehead atoms. The van der Waals surface area contributed by atoms with Crippen molar-refractivity contribution in [3.8, 4) is 68.4 Å². The van der Waals surface area contributed by atoms with Gasteiger partial charge in [0, 0.05) is 146 Å². The number of rotatable bonds is 23. The smallest absolute Gasteiger partial charge is 0.253 e. The maximum atomic E-state index is 12.4. The van der Waals surface area contributed by atoms with Gasteiger partial charge in [-0.05, 0) is 98.3 Å². The molecule has 31 nitrogen and oxygen atoms in total. The number of aromatic amines is 3. The number of benzene rings is 4. The SMILES string of the molecule is CNC(=O)c1ccc(Nc2nc(OC(C)C)c3c(-c4ccn(C)n4)c[nH]c3n2)c(OC)c1.COCCOc1nc(Nc2ccc(C(=O)N(C)C)cc2OC)nc2[nH]cc(-c3ccn(C)c3)c12.COc1cc(C(=O)N(C)C)ccc1Nc1nc(O[C@@H]2CCOC2)c2c(-c3ccc4nc(C)oc4c3)c[nH]c2n1. The number of nitrogens with one attached hydrogen (secondary N) is 7. The summed E-state index contributed by atoms with van der Waals surface area (Å²) in [5.74, 6) is 3.92. The van der Waals surface area contributed by atoms with Crippen molar-refractivity contribution in [2.24, 2.45) is 14.1 Å². The van der Waals surface area contributed by atoms with Crippen LogP contribution in [0, 0.1) is 6.92 Å². The van der Waals surface area contributed by atoms with Crippen molar-refractivity contribution in [3.05, 3.63) is 145 Å². The summed E-state index contributed by atoms with van der Waals surface area (Å²) in [6, 6.07) is 25.3. The number of anilines is 6. The summed E-state index contributed by atoms with van der Waals surface area (Å²) in [5, 5.41) is 19.0. The second kappa shape index (κ2) is 31.6. The van der Waals surface area contributed by atoms with E-state index in [0.29, 0.717) is 141 Å². The number of amides is 3.